The number of methoxy groups -OCH3 is 1. The van der Waals surface area contributed by atoms with Crippen LogP contribution < -0.4 is 4.74 Å². The summed E-state index contributed by atoms with van der Waals surface area (Å²) in [5.74, 6) is 0.373. The van der Waals surface area contributed by atoms with Gasteiger partial charge in [0, 0.05) is 10.0 Å². The fourth-order valence-corrected chi connectivity index (χ4v) is 3.40. The Morgan fingerprint density at radius 2 is 1.71 bits per heavy atom. The van der Waals surface area contributed by atoms with Crippen molar-refractivity contribution >= 4 is 53.8 Å². The lowest BCUT2D eigenvalue weighted by Crippen LogP contribution is -2.03. The number of rotatable bonds is 4. The molecule has 0 fully saturated rings. The van der Waals surface area contributed by atoms with Gasteiger partial charge < -0.3 is 9.47 Å². The van der Waals surface area contributed by atoms with Crippen LogP contribution >= 0.6 is 47.8 Å². The quantitative estimate of drug-likeness (QED) is 0.556. The number of carbonyl (C=O) groups is 1. The Bertz CT molecular complexity index is 651. The summed E-state index contributed by atoms with van der Waals surface area (Å²) in [6, 6.07) is 11.0. The number of hydrogen-bond donors (Lipinski definition) is 0. The van der Waals surface area contributed by atoms with E-state index in [9.17, 15) is 4.79 Å². The van der Waals surface area contributed by atoms with Crippen LogP contribution in [0.1, 0.15) is 15.9 Å². The Morgan fingerprint density at radius 3 is 2.29 bits per heavy atom. The largest absolute Gasteiger partial charge is 0.486 e. The van der Waals surface area contributed by atoms with E-state index in [0.717, 1.165) is 24.7 Å². The highest BCUT2D eigenvalue weighted by atomic mass is 79.9. The van der Waals surface area contributed by atoms with Gasteiger partial charge in [0.2, 0.25) is 0 Å². The highest BCUT2D eigenvalue weighted by molar-refractivity contribution is 9.11. The topological polar surface area (TPSA) is 35.5 Å². The predicted octanol–water partition coefficient (Wildman–Crippen LogP) is 5.34. The maximum absolute atomic E-state index is 11.5. The summed E-state index contributed by atoms with van der Waals surface area (Å²) >= 11 is 10.3. The Morgan fingerprint density at radius 1 is 1.05 bits per heavy atom. The molecule has 0 N–H and O–H groups in total. The molecular formula is C15H11Br3O3. The van der Waals surface area contributed by atoms with E-state index in [1.54, 1.807) is 12.1 Å². The lowest BCUT2D eigenvalue weighted by molar-refractivity contribution is 0.0600. The number of carbonyl (C=O) groups excluding carboxylic acids is 1. The van der Waals surface area contributed by atoms with Crippen LogP contribution in [0.5, 0.6) is 5.75 Å². The molecule has 0 amide bonds. The van der Waals surface area contributed by atoms with Crippen molar-refractivity contribution in [2.75, 3.05) is 7.11 Å². The zero-order valence-electron chi connectivity index (χ0n) is 11.0. The van der Waals surface area contributed by atoms with E-state index >= 15 is 0 Å². The third-order valence-corrected chi connectivity index (χ3v) is 4.75. The molecule has 0 unspecified atom stereocenters. The summed E-state index contributed by atoms with van der Waals surface area (Å²) < 4.78 is 13.1. The lowest BCUT2D eigenvalue weighted by Gasteiger charge is -2.11. The van der Waals surface area contributed by atoms with Gasteiger partial charge in [-0.3, -0.25) is 0 Å². The van der Waals surface area contributed by atoms with Crippen molar-refractivity contribution in [2.24, 2.45) is 0 Å². The molecule has 0 aliphatic rings. The van der Waals surface area contributed by atoms with Crippen LogP contribution in [0.4, 0.5) is 0 Å². The summed E-state index contributed by atoms with van der Waals surface area (Å²) in [4.78, 5) is 11.5. The monoisotopic (exact) mass is 476 g/mol. The van der Waals surface area contributed by atoms with Crippen LogP contribution in [0.25, 0.3) is 0 Å². The van der Waals surface area contributed by atoms with Crippen molar-refractivity contribution in [1.82, 2.24) is 0 Å². The first kappa shape index (κ1) is 16.5. The van der Waals surface area contributed by atoms with E-state index < -0.39 is 0 Å². The van der Waals surface area contributed by atoms with Crippen molar-refractivity contribution in [3.63, 3.8) is 0 Å². The molecule has 2 rings (SSSR count). The van der Waals surface area contributed by atoms with Crippen LogP contribution in [0.3, 0.4) is 0 Å². The minimum absolute atomic E-state index is 0.364. The highest BCUT2D eigenvalue weighted by Crippen LogP contribution is 2.34. The van der Waals surface area contributed by atoms with Crippen molar-refractivity contribution < 1.29 is 14.3 Å². The molecule has 0 saturated heterocycles. The van der Waals surface area contributed by atoms with Crippen molar-refractivity contribution in [2.45, 2.75) is 6.61 Å². The third-order valence-electron chi connectivity index (χ3n) is 2.77. The molecule has 0 atom stereocenters. The van der Waals surface area contributed by atoms with E-state index in [-0.39, 0.29) is 5.97 Å². The van der Waals surface area contributed by atoms with Crippen molar-refractivity contribution in [1.29, 1.82) is 0 Å². The fourth-order valence-electron chi connectivity index (χ4n) is 1.68. The molecule has 0 saturated carbocycles. The first-order valence-electron chi connectivity index (χ1n) is 5.96. The molecule has 0 bridgehead atoms. The average Bonchev–Trinajstić information content (AvgIpc) is 2.47. The van der Waals surface area contributed by atoms with Gasteiger partial charge in [-0.2, -0.15) is 0 Å². The summed E-state index contributed by atoms with van der Waals surface area (Å²) in [5, 5.41) is 0. The Hall–Kier alpha value is -0.850. The Balaban J connectivity index is 2.16. The van der Waals surface area contributed by atoms with Gasteiger partial charge in [-0.05, 0) is 56.1 Å². The molecule has 2 aromatic rings. The average molecular weight is 479 g/mol. The lowest BCUT2D eigenvalue weighted by atomic mass is 10.1. The molecule has 3 nitrogen and oxygen atoms in total. The smallest absolute Gasteiger partial charge is 0.337 e. The number of halogens is 3. The first-order chi connectivity index (χ1) is 10.0. The van der Waals surface area contributed by atoms with Gasteiger partial charge >= 0.3 is 5.97 Å². The number of ether oxygens (including phenoxy) is 2. The SMILES string of the molecule is COC(=O)c1ccc(COc2c(Br)cccc2Br)c(Br)c1. The normalized spacial score (nSPS) is 10.3. The van der Waals surface area contributed by atoms with Gasteiger partial charge in [0.05, 0.1) is 21.6 Å². The summed E-state index contributed by atoms with van der Waals surface area (Å²) in [6.07, 6.45) is 0. The Labute approximate surface area is 148 Å². The van der Waals surface area contributed by atoms with Gasteiger partial charge in [0.1, 0.15) is 12.4 Å². The molecule has 110 valence electrons. The molecule has 2 aromatic carbocycles. The van der Waals surface area contributed by atoms with Gasteiger partial charge in [-0.15, -0.1) is 0 Å². The molecule has 21 heavy (non-hydrogen) atoms. The second-order valence-corrected chi connectivity index (χ2v) is 6.70. The van der Waals surface area contributed by atoms with Crippen molar-refractivity contribution in [3.05, 3.63) is 60.9 Å². The van der Waals surface area contributed by atoms with E-state index in [1.807, 2.05) is 24.3 Å². The summed E-state index contributed by atoms with van der Waals surface area (Å²) in [7, 11) is 1.36. The third kappa shape index (κ3) is 4.08. The van der Waals surface area contributed by atoms with Crippen LogP contribution in [-0.4, -0.2) is 13.1 Å². The Kier molecular flexibility index (Phi) is 5.84. The van der Waals surface area contributed by atoms with E-state index in [4.69, 9.17) is 4.74 Å². The maximum Gasteiger partial charge on any atom is 0.337 e. The second-order valence-electron chi connectivity index (χ2n) is 4.14. The van der Waals surface area contributed by atoms with E-state index in [2.05, 4.69) is 52.5 Å². The second kappa shape index (κ2) is 7.42. The summed E-state index contributed by atoms with van der Waals surface area (Å²) in [5.41, 5.74) is 1.43. The highest BCUT2D eigenvalue weighted by Gasteiger charge is 2.10. The zero-order chi connectivity index (χ0) is 15.4. The van der Waals surface area contributed by atoms with Gasteiger partial charge in [-0.1, -0.05) is 28.1 Å². The van der Waals surface area contributed by atoms with Crippen molar-refractivity contribution in [3.8, 4) is 5.75 Å². The van der Waals surface area contributed by atoms with E-state index in [1.165, 1.54) is 7.11 Å². The minimum Gasteiger partial charge on any atom is -0.486 e. The molecule has 0 aromatic heterocycles. The molecular weight excluding hydrogens is 468 g/mol. The summed E-state index contributed by atoms with van der Waals surface area (Å²) in [6.45, 7) is 0.378. The van der Waals surface area contributed by atoms with Gasteiger partial charge in [-0.25, -0.2) is 4.79 Å². The molecule has 6 heteroatoms. The molecule has 0 heterocycles. The number of benzene rings is 2. The number of hydrogen-bond acceptors (Lipinski definition) is 3. The predicted molar refractivity (Wildman–Crippen MR) is 91.7 cm³/mol. The van der Waals surface area contributed by atoms with Crippen LogP contribution in [0.2, 0.25) is 0 Å². The van der Waals surface area contributed by atoms with Crippen LogP contribution in [0, 0.1) is 0 Å². The zero-order valence-corrected chi connectivity index (χ0v) is 15.8. The number of esters is 1. The minimum atomic E-state index is -0.364. The van der Waals surface area contributed by atoms with Crippen LogP contribution in [-0.2, 0) is 11.3 Å². The standard InChI is InChI=1S/C15H11Br3O3/c1-20-15(19)9-5-6-10(13(18)7-9)8-21-14-11(16)3-2-4-12(14)17/h2-7H,8H2,1H3. The molecule has 0 radical (unpaired) electrons. The molecule has 0 spiro atoms. The first-order valence-corrected chi connectivity index (χ1v) is 8.34. The number of para-hydroxylation sites is 1. The fraction of sp³-hybridized carbons (Fsp3) is 0.133. The van der Waals surface area contributed by atoms with Gasteiger partial charge in [0.15, 0.2) is 0 Å². The van der Waals surface area contributed by atoms with Crippen LogP contribution in [0.15, 0.2) is 49.8 Å². The maximum atomic E-state index is 11.5. The van der Waals surface area contributed by atoms with E-state index in [0.29, 0.717) is 12.2 Å². The van der Waals surface area contributed by atoms with Gasteiger partial charge in [0.25, 0.3) is 0 Å². The molecule has 0 aliphatic heterocycles. The molecule has 0 aliphatic carbocycles.